The van der Waals surface area contributed by atoms with Crippen molar-refractivity contribution in [3.8, 4) is 11.3 Å². The summed E-state index contributed by atoms with van der Waals surface area (Å²) in [6.07, 6.45) is 1.72. The highest BCUT2D eigenvalue weighted by Crippen LogP contribution is 2.27. The molecule has 3 heterocycles. The number of hydrogen-bond donors (Lipinski definition) is 1. The summed E-state index contributed by atoms with van der Waals surface area (Å²) in [7, 11) is 0. The summed E-state index contributed by atoms with van der Waals surface area (Å²) >= 11 is 1.54. The molecule has 0 bridgehead atoms. The van der Waals surface area contributed by atoms with Crippen LogP contribution in [0.4, 0.5) is 5.69 Å². The zero-order valence-electron chi connectivity index (χ0n) is 14.5. The third-order valence-corrected chi connectivity index (χ3v) is 4.83. The number of thiophene rings is 1. The van der Waals surface area contributed by atoms with Crippen molar-refractivity contribution in [3.05, 3.63) is 65.0 Å². The number of fused-ring (bicyclic) bond motifs is 1. The molecule has 3 aromatic heterocycles. The van der Waals surface area contributed by atoms with E-state index < -0.39 is 0 Å². The fourth-order valence-electron chi connectivity index (χ4n) is 2.87. The van der Waals surface area contributed by atoms with E-state index in [2.05, 4.69) is 24.3 Å². The van der Waals surface area contributed by atoms with Crippen LogP contribution >= 0.6 is 11.3 Å². The van der Waals surface area contributed by atoms with E-state index >= 15 is 0 Å². The smallest absolute Gasteiger partial charge is 0.256 e. The Morgan fingerprint density at radius 1 is 1.19 bits per heavy atom. The first-order valence-corrected chi connectivity index (χ1v) is 9.35. The number of hydrogen-bond acceptors (Lipinski definition) is 4. The molecule has 0 unspecified atom stereocenters. The van der Waals surface area contributed by atoms with Crippen LogP contribution in [-0.2, 0) is 0 Å². The zero-order valence-corrected chi connectivity index (χ0v) is 15.3. The van der Waals surface area contributed by atoms with Gasteiger partial charge in [-0.3, -0.25) is 4.79 Å². The zero-order chi connectivity index (χ0) is 18.1. The molecule has 0 saturated carbocycles. The van der Waals surface area contributed by atoms with E-state index in [-0.39, 0.29) is 11.9 Å². The number of rotatable bonds is 4. The van der Waals surface area contributed by atoms with Crippen molar-refractivity contribution in [2.24, 2.45) is 0 Å². The number of amides is 1. The monoisotopic (exact) mass is 362 g/mol. The largest absolute Gasteiger partial charge is 0.321 e. The number of benzene rings is 1. The van der Waals surface area contributed by atoms with E-state index in [9.17, 15) is 4.79 Å². The highest BCUT2D eigenvalue weighted by atomic mass is 32.1. The standard InChI is InChI=1S/C20H18N4OS/c1-13(2)24-19-17(11-21-24)16(20(25)22-15-8-9-26-12-15)10-18(23-19)14-6-4-3-5-7-14/h3-13H,1-2H3,(H,22,25). The molecule has 130 valence electrons. The Bertz CT molecular complexity index is 1050. The average molecular weight is 362 g/mol. The predicted octanol–water partition coefficient (Wildman–Crippen LogP) is 4.99. The van der Waals surface area contributed by atoms with E-state index in [4.69, 9.17) is 4.98 Å². The topological polar surface area (TPSA) is 59.8 Å². The number of carbonyl (C=O) groups is 1. The van der Waals surface area contributed by atoms with Crippen LogP contribution in [0.5, 0.6) is 0 Å². The summed E-state index contributed by atoms with van der Waals surface area (Å²) < 4.78 is 1.85. The summed E-state index contributed by atoms with van der Waals surface area (Å²) in [5.74, 6) is -0.156. The first kappa shape index (κ1) is 16.5. The lowest BCUT2D eigenvalue weighted by atomic mass is 10.1. The fourth-order valence-corrected chi connectivity index (χ4v) is 3.46. The molecule has 1 N–H and O–H groups in total. The molecule has 0 aliphatic heterocycles. The molecule has 0 fully saturated rings. The van der Waals surface area contributed by atoms with Crippen LogP contribution in [0.1, 0.15) is 30.2 Å². The highest BCUT2D eigenvalue weighted by molar-refractivity contribution is 7.08. The second kappa shape index (κ2) is 6.72. The van der Waals surface area contributed by atoms with Crippen LogP contribution in [-0.4, -0.2) is 20.7 Å². The van der Waals surface area contributed by atoms with Crippen LogP contribution in [0.15, 0.2) is 59.4 Å². The molecule has 0 aliphatic rings. The highest BCUT2D eigenvalue weighted by Gasteiger charge is 2.18. The minimum Gasteiger partial charge on any atom is -0.321 e. The molecule has 26 heavy (non-hydrogen) atoms. The molecule has 1 amide bonds. The number of aromatic nitrogens is 3. The molecular weight excluding hydrogens is 344 g/mol. The van der Waals surface area contributed by atoms with Gasteiger partial charge in [0, 0.05) is 17.0 Å². The maximum atomic E-state index is 12.9. The van der Waals surface area contributed by atoms with Crippen molar-refractivity contribution >= 4 is 34.0 Å². The third kappa shape index (κ3) is 2.99. The normalized spacial score (nSPS) is 11.2. The number of nitrogens with one attached hydrogen (secondary N) is 1. The van der Waals surface area contributed by atoms with Crippen molar-refractivity contribution in [1.82, 2.24) is 14.8 Å². The van der Waals surface area contributed by atoms with Gasteiger partial charge in [-0.2, -0.15) is 16.4 Å². The van der Waals surface area contributed by atoms with Crippen LogP contribution in [0.3, 0.4) is 0 Å². The van der Waals surface area contributed by atoms with Crippen LogP contribution in [0, 0.1) is 0 Å². The van der Waals surface area contributed by atoms with Crippen LogP contribution in [0.25, 0.3) is 22.3 Å². The van der Waals surface area contributed by atoms with Gasteiger partial charge in [0.1, 0.15) is 0 Å². The summed E-state index contributed by atoms with van der Waals surface area (Å²) in [5, 5.41) is 12.0. The molecule has 5 nitrogen and oxygen atoms in total. The van der Waals surface area contributed by atoms with Crippen molar-refractivity contribution in [2.45, 2.75) is 19.9 Å². The fraction of sp³-hybridized carbons (Fsp3) is 0.150. The molecule has 0 spiro atoms. The molecule has 4 rings (SSSR count). The summed E-state index contributed by atoms with van der Waals surface area (Å²) in [4.78, 5) is 17.7. The maximum Gasteiger partial charge on any atom is 0.256 e. The molecule has 6 heteroatoms. The second-order valence-corrected chi connectivity index (χ2v) is 7.09. The second-order valence-electron chi connectivity index (χ2n) is 6.31. The van der Waals surface area contributed by atoms with Gasteiger partial charge in [-0.25, -0.2) is 9.67 Å². The summed E-state index contributed by atoms with van der Waals surface area (Å²) in [6, 6.07) is 13.7. The first-order valence-electron chi connectivity index (χ1n) is 8.40. The number of carbonyl (C=O) groups excluding carboxylic acids is 1. The van der Waals surface area contributed by atoms with E-state index in [0.29, 0.717) is 5.56 Å². The summed E-state index contributed by atoms with van der Waals surface area (Å²) in [6.45, 7) is 4.10. The van der Waals surface area contributed by atoms with Gasteiger partial charge in [-0.05, 0) is 31.4 Å². The van der Waals surface area contributed by atoms with Crippen LogP contribution < -0.4 is 5.32 Å². The van der Waals surface area contributed by atoms with Gasteiger partial charge < -0.3 is 5.32 Å². The minimum absolute atomic E-state index is 0.152. The van der Waals surface area contributed by atoms with Crippen molar-refractivity contribution < 1.29 is 4.79 Å². The van der Waals surface area contributed by atoms with E-state index in [1.54, 1.807) is 17.5 Å². The Morgan fingerprint density at radius 3 is 2.69 bits per heavy atom. The quantitative estimate of drug-likeness (QED) is 0.556. The van der Waals surface area contributed by atoms with E-state index in [0.717, 1.165) is 28.0 Å². The lowest BCUT2D eigenvalue weighted by molar-refractivity contribution is 0.102. The van der Waals surface area contributed by atoms with E-state index in [1.807, 2.05) is 57.9 Å². The SMILES string of the molecule is CC(C)n1ncc2c(C(=O)Nc3ccsc3)cc(-c3ccccc3)nc21. The molecule has 4 aromatic rings. The van der Waals surface area contributed by atoms with Crippen molar-refractivity contribution in [2.75, 3.05) is 5.32 Å². The van der Waals surface area contributed by atoms with Gasteiger partial charge in [-0.15, -0.1) is 0 Å². The molecular formula is C20H18N4OS. The Hall–Kier alpha value is -2.99. The summed E-state index contributed by atoms with van der Waals surface area (Å²) in [5.41, 5.74) is 3.82. The van der Waals surface area contributed by atoms with Crippen LogP contribution in [0.2, 0.25) is 0 Å². The number of pyridine rings is 1. The van der Waals surface area contributed by atoms with Gasteiger partial charge in [0.05, 0.1) is 28.5 Å². The van der Waals surface area contributed by atoms with Gasteiger partial charge in [0.2, 0.25) is 0 Å². The van der Waals surface area contributed by atoms with Crippen molar-refractivity contribution in [3.63, 3.8) is 0 Å². The third-order valence-electron chi connectivity index (χ3n) is 4.15. The van der Waals surface area contributed by atoms with Gasteiger partial charge in [0.15, 0.2) is 5.65 Å². The molecule has 1 aromatic carbocycles. The van der Waals surface area contributed by atoms with Gasteiger partial charge in [-0.1, -0.05) is 30.3 Å². The number of anilines is 1. The van der Waals surface area contributed by atoms with Gasteiger partial charge >= 0.3 is 0 Å². The predicted molar refractivity (Wildman–Crippen MR) is 106 cm³/mol. The van der Waals surface area contributed by atoms with Gasteiger partial charge in [0.25, 0.3) is 5.91 Å². The molecule has 0 saturated heterocycles. The Kier molecular flexibility index (Phi) is 4.26. The lowest BCUT2D eigenvalue weighted by Crippen LogP contribution is -2.13. The Balaban J connectivity index is 1.88. The Morgan fingerprint density at radius 2 is 2.00 bits per heavy atom. The Labute approximate surface area is 155 Å². The van der Waals surface area contributed by atoms with Crippen molar-refractivity contribution in [1.29, 1.82) is 0 Å². The van der Waals surface area contributed by atoms with E-state index in [1.165, 1.54) is 0 Å². The first-order chi connectivity index (χ1) is 12.6. The minimum atomic E-state index is -0.156. The number of nitrogens with zero attached hydrogens (tertiary/aromatic N) is 3. The molecule has 0 aliphatic carbocycles. The lowest BCUT2D eigenvalue weighted by Gasteiger charge is -2.10. The average Bonchev–Trinajstić information content (AvgIpc) is 3.30. The molecule has 0 radical (unpaired) electrons. The maximum absolute atomic E-state index is 12.9. The molecule has 0 atom stereocenters.